The third kappa shape index (κ3) is 4.49. The summed E-state index contributed by atoms with van der Waals surface area (Å²) in [5.41, 5.74) is 0.448. The summed E-state index contributed by atoms with van der Waals surface area (Å²) >= 11 is 12.9. The third-order valence-electron chi connectivity index (χ3n) is 2.47. The molecule has 108 valence electrons. The highest BCUT2D eigenvalue weighted by Gasteiger charge is 2.07. The number of carbonyl (C=O) groups is 2. The third-order valence-corrected chi connectivity index (χ3v) is 3.99. The Labute approximate surface area is 136 Å². The minimum atomic E-state index is -0.486. The van der Waals surface area contributed by atoms with Gasteiger partial charge >= 0.3 is 5.97 Å². The Morgan fingerprint density at radius 3 is 2.19 bits per heavy atom. The summed E-state index contributed by atoms with van der Waals surface area (Å²) in [6.45, 7) is 1.32. The predicted molar refractivity (Wildman–Crippen MR) is 83.5 cm³/mol. The fraction of sp³-hybridized carbons (Fsp3) is 0.0667. The number of hydrogen-bond donors (Lipinski definition) is 0. The highest BCUT2D eigenvalue weighted by molar-refractivity contribution is 7.99. The fourth-order valence-corrected chi connectivity index (χ4v) is 2.84. The molecule has 0 aliphatic heterocycles. The summed E-state index contributed by atoms with van der Waals surface area (Å²) in [7, 11) is 0. The number of ether oxygens (including phenoxy) is 1. The van der Waals surface area contributed by atoms with Gasteiger partial charge in [0.15, 0.2) is 0 Å². The van der Waals surface area contributed by atoms with Gasteiger partial charge in [0.1, 0.15) is 5.75 Å². The Hall–Kier alpha value is -1.49. The number of esters is 1. The lowest BCUT2D eigenvalue weighted by molar-refractivity contribution is -0.131. The van der Waals surface area contributed by atoms with Crippen molar-refractivity contribution in [2.24, 2.45) is 0 Å². The highest BCUT2D eigenvalue weighted by atomic mass is 35.5. The van der Waals surface area contributed by atoms with Crippen LogP contribution in [0.3, 0.4) is 0 Å². The van der Waals surface area contributed by atoms with Crippen molar-refractivity contribution in [1.82, 2.24) is 0 Å². The van der Waals surface area contributed by atoms with Crippen LogP contribution in [-0.4, -0.2) is 11.2 Å². The van der Waals surface area contributed by atoms with Gasteiger partial charge in [-0.3, -0.25) is 9.59 Å². The molecule has 21 heavy (non-hydrogen) atoms. The standard InChI is InChI=1S/C15H10Cl2O3S/c1-9(18)20-14-7-6-12(8-13(14)16)21-11-4-2-10(3-5-11)15(17)19/h2-8H,1H3. The van der Waals surface area contributed by atoms with Crippen LogP contribution >= 0.6 is 35.0 Å². The van der Waals surface area contributed by atoms with Crippen molar-refractivity contribution in [2.45, 2.75) is 16.7 Å². The zero-order chi connectivity index (χ0) is 15.4. The Balaban J connectivity index is 2.14. The summed E-state index contributed by atoms with van der Waals surface area (Å²) < 4.78 is 4.96. The molecule has 2 rings (SSSR count). The first-order valence-corrected chi connectivity index (χ1v) is 7.48. The van der Waals surface area contributed by atoms with Crippen molar-refractivity contribution in [1.29, 1.82) is 0 Å². The molecule has 0 atom stereocenters. The Morgan fingerprint density at radius 1 is 1.05 bits per heavy atom. The smallest absolute Gasteiger partial charge is 0.308 e. The van der Waals surface area contributed by atoms with Crippen LogP contribution in [0.25, 0.3) is 0 Å². The lowest BCUT2D eigenvalue weighted by Crippen LogP contribution is -2.01. The van der Waals surface area contributed by atoms with E-state index in [-0.39, 0.29) is 0 Å². The number of halogens is 2. The maximum Gasteiger partial charge on any atom is 0.308 e. The van der Waals surface area contributed by atoms with Crippen LogP contribution in [0, 0.1) is 0 Å². The Morgan fingerprint density at radius 2 is 1.67 bits per heavy atom. The molecular weight excluding hydrogens is 331 g/mol. The molecule has 0 fully saturated rings. The van der Waals surface area contributed by atoms with Gasteiger partial charge in [0.05, 0.1) is 5.02 Å². The van der Waals surface area contributed by atoms with E-state index in [0.717, 1.165) is 9.79 Å². The first kappa shape index (κ1) is 15.9. The normalized spacial score (nSPS) is 10.2. The maximum atomic E-state index is 11.0. The summed E-state index contributed by atoms with van der Waals surface area (Å²) in [5.74, 6) is -0.0877. The fourth-order valence-electron chi connectivity index (χ4n) is 1.57. The van der Waals surface area contributed by atoms with Gasteiger partial charge < -0.3 is 4.74 Å². The number of benzene rings is 2. The first-order chi connectivity index (χ1) is 9.95. The molecule has 0 heterocycles. The topological polar surface area (TPSA) is 43.4 Å². The predicted octanol–water partition coefficient (Wildman–Crippen LogP) is 4.80. The second kappa shape index (κ2) is 6.98. The zero-order valence-electron chi connectivity index (χ0n) is 10.9. The molecular formula is C15H10Cl2O3S. The molecule has 2 aromatic carbocycles. The van der Waals surface area contributed by atoms with E-state index in [9.17, 15) is 9.59 Å². The average molecular weight is 341 g/mol. The summed E-state index contributed by atoms with van der Waals surface area (Å²) in [6, 6.07) is 12.1. The van der Waals surface area contributed by atoms with Crippen molar-refractivity contribution >= 4 is 46.2 Å². The monoisotopic (exact) mass is 340 g/mol. The van der Waals surface area contributed by atoms with Gasteiger partial charge in [-0.25, -0.2) is 0 Å². The van der Waals surface area contributed by atoms with Crippen LogP contribution in [0.1, 0.15) is 17.3 Å². The van der Waals surface area contributed by atoms with Crippen LogP contribution < -0.4 is 4.74 Å². The second-order valence-electron chi connectivity index (χ2n) is 4.09. The minimum absolute atomic E-state index is 0.330. The molecule has 0 aliphatic rings. The lowest BCUT2D eigenvalue weighted by atomic mass is 10.2. The van der Waals surface area contributed by atoms with E-state index in [4.69, 9.17) is 27.9 Å². The van der Waals surface area contributed by atoms with Gasteiger partial charge in [-0.15, -0.1) is 0 Å². The van der Waals surface area contributed by atoms with Crippen molar-refractivity contribution < 1.29 is 14.3 Å². The molecule has 0 amide bonds. The van der Waals surface area contributed by atoms with Crippen molar-refractivity contribution in [2.75, 3.05) is 0 Å². The quantitative estimate of drug-likeness (QED) is 0.455. The average Bonchev–Trinajstić information content (AvgIpc) is 2.42. The number of hydrogen-bond acceptors (Lipinski definition) is 4. The highest BCUT2D eigenvalue weighted by Crippen LogP contribution is 2.34. The summed E-state index contributed by atoms with van der Waals surface area (Å²) in [6.07, 6.45) is 0. The van der Waals surface area contributed by atoms with Crippen LogP contribution in [0.2, 0.25) is 5.02 Å². The Kier molecular flexibility index (Phi) is 5.28. The second-order valence-corrected chi connectivity index (χ2v) is 5.98. The maximum absolute atomic E-state index is 11.0. The Bertz CT molecular complexity index is 684. The van der Waals surface area contributed by atoms with Gasteiger partial charge in [-0.1, -0.05) is 23.4 Å². The van der Waals surface area contributed by atoms with E-state index >= 15 is 0 Å². The molecule has 0 bridgehead atoms. The van der Waals surface area contributed by atoms with Gasteiger partial charge in [0, 0.05) is 22.3 Å². The van der Waals surface area contributed by atoms with E-state index < -0.39 is 11.2 Å². The van der Waals surface area contributed by atoms with Crippen molar-refractivity contribution in [3.8, 4) is 5.75 Å². The number of carbonyl (C=O) groups excluding carboxylic acids is 2. The van der Waals surface area contributed by atoms with E-state index in [1.54, 1.807) is 42.5 Å². The lowest BCUT2D eigenvalue weighted by Gasteiger charge is -2.07. The minimum Gasteiger partial charge on any atom is -0.425 e. The molecule has 6 heteroatoms. The SMILES string of the molecule is CC(=O)Oc1ccc(Sc2ccc(C(=O)Cl)cc2)cc1Cl. The van der Waals surface area contributed by atoms with Gasteiger partial charge in [0.2, 0.25) is 0 Å². The van der Waals surface area contributed by atoms with Gasteiger partial charge in [-0.2, -0.15) is 0 Å². The molecule has 0 aliphatic carbocycles. The van der Waals surface area contributed by atoms with Crippen molar-refractivity contribution in [3.05, 3.63) is 53.1 Å². The first-order valence-electron chi connectivity index (χ1n) is 5.91. The van der Waals surface area contributed by atoms with E-state index in [1.807, 2.05) is 0 Å². The molecule has 2 aromatic rings. The molecule has 3 nitrogen and oxygen atoms in total. The zero-order valence-corrected chi connectivity index (χ0v) is 13.3. The molecule has 0 unspecified atom stereocenters. The van der Waals surface area contributed by atoms with Crippen LogP contribution in [0.5, 0.6) is 5.75 Å². The van der Waals surface area contributed by atoms with Crippen LogP contribution in [-0.2, 0) is 4.79 Å². The molecule has 0 radical (unpaired) electrons. The summed E-state index contributed by atoms with van der Waals surface area (Å²) in [4.78, 5) is 23.7. The van der Waals surface area contributed by atoms with Gasteiger partial charge in [-0.05, 0) is 54.1 Å². The van der Waals surface area contributed by atoms with E-state index in [0.29, 0.717) is 16.3 Å². The molecule has 0 spiro atoms. The molecule has 0 saturated carbocycles. The summed E-state index contributed by atoms with van der Waals surface area (Å²) in [5, 5.41) is -0.122. The van der Waals surface area contributed by atoms with E-state index in [2.05, 4.69) is 0 Å². The van der Waals surface area contributed by atoms with Gasteiger partial charge in [0.25, 0.3) is 5.24 Å². The van der Waals surface area contributed by atoms with Crippen LogP contribution in [0.15, 0.2) is 52.3 Å². The molecule has 0 N–H and O–H groups in total. The van der Waals surface area contributed by atoms with Crippen molar-refractivity contribution in [3.63, 3.8) is 0 Å². The number of rotatable bonds is 4. The van der Waals surface area contributed by atoms with E-state index in [1.165, 1.54) is 18.7 Å². The molecule has 0 aromatic heterocycles. The van der Waals surface area contributed by atoms with Crippen LogP contribution in [0.4, 0.5) is 0 Å². The molecule has 0 saturated heterocycles. The largest absolute Gasteiger partial charge is 0.425 e.